The Kier molecular flexibility index (Phi) is 5.84. The first-order valence-electron chi connectivity index (χ1n) is 7.09. The number of anilines is 1. The molecule has 0 saturated heterocycles. The number of amides is 1. The van der Waals surface area contributed by atoms with Crippen molar-refractivity contribution in [3.8, 4) is 0 Å². The van der Waals surface area contributed by atoms with Gasteiger partial charge in [-0.1, -0.05) is 37.6 Å². The highest BCUT2D eigenvalue weighted by atomic mass is 35.5. The molecule has 7 heteroatoms. The molecule has 4 nitrogen and oxygen atoms in total. The first-order valence-corrected chi connectivity index (χ1v) is 10.1. The maximum Gasteiger partial charge on any atom is 0.239 e. The van der Waals surface area contributed by atoms with Crippen molar-refractivity contribution in [1.82, 2.24) is 0 Å². The number of benzene rings is 1. The number of thiophene rings is 1. The van der Waals surface area contributed by atoms with Crippen molar-refractivity contribution in [3.63, 3.8) is 0 Å². The molecule has 0 atom stereocenters. The molecule has 0 aliphatic heterocycles. The predicted octanol–water partition coefficient (Wildman–Crippen LogP) is 4.08. The van der Waals surface area contributed by atoms with Gasteiger partial charge < -0.3 is 5.32 Å². The van der Waals surface area contributed by atoms with Gasteiger partial charge in [0.1, 0.15) is 5.75 Å². The molecule has 1 aromatic carbocycles. The van der Waals surface area contributed by atoms with Gasteiger partial charge in [-0.25, -0.2) is 8.42 Å². The Morgan fingerprint density at radius 3 is 2.61 bits per heavy atom. The van der Waals surface area contributed by atoms with Crippen LogP contribution >= 0.6 is 22.9 Å². The number of sulfone groups is 1. The zero-order valence-corrected chi connectivity index (χ0v) is 15.3. The highest BCUT2D eigenvalue weighted by molar-refractivity contribution is 7.91. The fraction of sp³-hybridized carbons (Fsp3) is 0.312. The molecular formula is C16H18ClNO3S2. The van der Waals surface area contributed by atoms with Gasteiger partial charge in [0.05, 0.1) is 10.1 Å². The van der Waals surface area contributed by atoms with Crippen molar-refractivity contribution in [2.24, 2.45) is 0 Å². The summed E-state index contributed by atoms with van der Waals surface area (Å²) in [7, 11) is -3.53. The smallest absolute Gasteiger partial charge is 0.239 e. The van der Waals surface area contributed by atoms with E-state index < -0.39 is 21.5 Å². The van der Waals surface area contributed by atoms with E-state index in [1.54, 1.807) is 18.2 Å². The Morgan fingerprint density at radius 2 is 2.00 bits per heavy atom. The van der Waals surface area contributed by atoms with Gasteiger partial charge in [-0.05, 0) is 35.7 Å². The monoisotopic (exact) mass is 371 g/mol. The van der Waals surface area contributed by atoms with Gasteiger partial charge in [0, 0.05) is 10.6 Å². The third-order valence-electron chi connectivity index (χ3n) is 3.18. The summed E-state index contributed by atoms with van der Waals surface area (Å²) in [6.45, 7) is 4.11. The van der Waals surface area contributed by atoms with Gasteiger partial charge in [-0.3, -0.25) is 4.79 Å². The van der Waals surface area contributed by atoms with Crippen molar-refractivity contribution in [2.75, 3.05) is 11.1 Å². The standard InChI is InChI=1S/C16H18ClNO3S2/c1-11(2)12-4-3-5-13(8-12)18-16(19)10-23(20,21)9-14-6-7-15(17)22-14/h3-8,11H,9-10H2,1-2H3,(H,18,19). The summed E-state index contributed by atoms with van der Waals surface area (Å²) in [5.74, 6) is -0.925. The number of carbonyl (C=O) groups excluding carboxylic acids is 1. The Labute approximate surface area is 145 Å². The Balaban J connectivity index is 1.99. The van der Waals surface area contributed by atoms with Crippen LogP contribution in [0.25, 0.3) is 0 Å². The lowest BCUT2D eigenvalue weighted by Gasteiger charge is -2.09. The van der Waals surface area contributed by atoms with Crippen LogP contribution in [0.1, 0.15) is 30.2 Å². The molecular weight excluding hydrogens is 354 g/mol. The van der Waals surface area contributed by atoms with Crippen molar-refractivity contribution < 1.29 is 13.2 Å². The predicted molar refractivity (Wildman–Crippen MR) is 96.0 cm³/mol. The van der Waals surface area contributed by atoms with Gasteiger partial charge in [0.25, 0.3) is 0 Å². The van der Waals surface area contributed by atoms with E-state index in [1.807, 2.05) is 18.2 Å². The van der Waals surface area contributed by atoms with E-state index in [4.69, 9.17) is 11.6 Å². The quantitative estimate of drug-likeness (QED) is 0.832. The second-order valence-corrected chi connectivity index (χ2v) is 9.43. The lowest BCUT2D eigenvalue weighted by Crippen LogP contribution is -2.23. The van der Waals surface area contributed by atoms with Crippen LogP contribution < -0.4 is 5.32 Å². The minimum atomic E-state index is -3.53. The van der Waals surface area contributed by atoms with E-state index in [1.165, 1.54) is 11.3 Å². The molecule has 0 bridgehead atoms. The summed E-state index contributed by atoms with van der Waals surface area (Å²) < 4.78 is 24.7. The molecule has 1 heterocycles. The second-order valence-electron chi connectivity index (χ2n) is 5.57. The number of rotatable bonds is 6. The van der Waals surface area contributed by atoms with Crippen molar-refractivity contribution in [1.29, 1.82) is 0 Å². The summed E-state index contributed by atoms with van der Waals surface area (Å²) in [6.07, 6.45) is 0. The molecule has 0 fully saturated rings. The lowest BCUT2D eigenvalue weighted by atomic mass is 10.0. The largest absolute Gasteiger partial charge is 0.325 e. The SMILES string of the molecule is CC(C)c1cccc(NC(=O)CS(=O)(=O)Cc2ccc(Cl)s2)c1. The summed E-state index contributed by atoms with van der Waals surface area (Å²) in [5, 5.41) is 2.64. The number of halogens is 1. The molecule has 0 radical (unpaired) electrons. The van der Waals surface area contributed by atoms with Gasteiger partial charge in [-0.2, -0.15) is 0 Å². The lowest BCUT2D eigenvalue weighted by molar-refractivity contribution is -0.113. The number of nitrogens with one attached hydrogen (secondary N) is 1. The summed E-state index contributed by atoms with van der Waals surface area (Å²) in [6, 6.07) is 10.7. The van der Waals surface area contributed by atoms with Gasteiger partial charge in [0.2, 0.25) is 5.91 Å². The average molecular weight is 372 g/mol. The van der Waals surface area contributed by atoms with Crippen LogP contribution in [-0.2, 0) is 20.4 Å². The Morgan fingerprint density at radius 1 is 1.26 bits per heavy atom. The van der Waals surface area contributed by atoms with Crippen molar-refractivity contribution in [2.45, 2.75) is 25.5 Å². The minimum absolute atomic E-state index is 0.177. The van der Waals surface area contributed by atoms with Crippen LogP contribution in [-0.4, -0.2) is 20.1 Å². The molecule has 1 amide bonds. The molecule has 2 rings (SSSR count). The number of hydrogen-bond acceptors (Lipinski definition) is 4. The molecule has 0 unspecified atom stereocenters. The molecule has 2 aromatic rings. The van der Waals surface area contributed by atoms with Gasteiger partial charge in [0.15, 0.2) is 9.84 Å². The van der Waals surface area contributed by atoms with E-state index >= 15 is 0 Å². The zero-order valence-electron chi connectivity index (χ0n) is 12.9. The van der Waals surface area contributed by atoms with Crippen LogP contribution in [0.3, 0.4) is 0 Å². The van der Waals surface area contributed by atoms with Crippen LogP contribution in [0.2, 0.25) is 4.34 Å². The fourth-order valence-corrected chi connectivity index (χ4v) is 4.83. The molecule has 0 aliphatic rings. The molecule has 124 valence electrons. The van der Waals surface area contributed by atoms with Crippen LogP contribution in [0, 0.1) is 0 Å². The summed E-state index contributed by atoms with van der Waals surface area (Å²) in [5.41, 5.74) is 1.69. The van der Waals surface area contributed by atoms with Crippen LogP contribution in [0.15, 0.2) is 36.4 Å². The third-order valence-corrected chi connectivity index (χ3v) is 6.05. The van der Waals surface area contributed by atoms with Crippen molar-refractivity contribution in [3.05, 3.63) is 51.2 Å². The first kappa shape index (κ1) is 18.0. The molecule has 0 spiro atoms. The number of hydrogen-bond donors (Lipinski definition) is 1. The summed E-state index contributed by atoms with van der Waals surface area (Å²) in [4.78, 5) is 12.6. The maximum atomic E-state index is 12.1. The Bertz CT molecular complexity index is 797. The number of carbonyl (C=O) groups is 1. The van der Waals surface area contributed by atoms with Crippen LogP contribution in [0.5, 0.6) is 0 Å². The molecule has 1 aromatic heterocycles. The minimum Gasteiger partial charge on any atom is -0.325 e. The molecule has 23 heavy (non-hydrogen) atoms. The topological polar surface area (TPSA) is 63.2 Å². The average Bonchev–Trinajstić information content (AvgIpc) is 2.82. The van der Waals surface area contributed by atoms with E-state index in [0.29, 0.717) is 20.8 Å². The maximum absolute atomic E-state index is 12.1. The van der Waals surface area contributed by atoms with Gasteiger partial charge in [-0.15, -0.1) is 11.3 Å². The van der Waals surface area contributed by atoms with Crippen molar-refractivity contribution >= 4 is 44.4 Å². The second kappa shape index (κ2) is 7.47. The van der Waals surface area contributed by atoms with E-state index in [-0.39, 0.29) is 5.75 Å². The summed E-state index contributed by atoms with van der Waals surface area (Å²) >= 11 is 6.99. The fourth-order valence-electron chi connectivity index (χ4n) is 2.07. The Hall–Kier alpha value is -1.37. The van der Waals surface area contributed by atoms with E-state index in [9.17, 15) is 13.2 Å². The molecule has 0 aliphatic carbocycles. The highest BCUT2D eigenvalue weighted by Gasteiger charge is 2.18. The molecule has 1 N–H and O–H groups in total. The first-order chi connectivity index (χ1) is 10.7. The van der Waals surface area contributed by atoms with E-state index in [2.05, 4.69) is 19.2 Å². The van der Waals surface area contributed by atoms with Gasteiger partial charge >= 0.3 is 0 Å². The third kappa shape index (κ3) is 5.64. The zero-order chi connectivity index (χ0) is 17.0. The van der Waals surface area contributed by atoms with Crippen LogP contribution in [0.4, 0.5) is 5.69 Å². The highest BCUT2D eigenvalue weighted by Crippen LogP contribution is 2.23. The van der Waals surface area contributed by atoms with E-state index in [0.717, 1.165) is 5.56 Å². The molecule has 0 saturated carbocycles. The normalized spacial score (nSPS) is 11.7.